The Morgan fingerprint density at radius 3 is 2.53 bits per heavy atom. The lowest BCUT2D eigenvalue weighted by Gasteiger charge is -2.06. The lowest BCUT2D eigenvalue weighted by atomic mass is 10.2. The highest BCUT2D eigenvalue weighted by molar-refractivity contribution is 7.84. The Kier molecular flexibility index (Phi) is 4.17. The highest BCUT2D eigenvalue weighted by Gasteiger charge is 2.11. The Balaban J connectivity index is 2.25. The van der Waals surface area contributed by atoms with Gasteiger partial charge in [0.25, 0.3) is 0 Å². The number of nitrogen functional groups attached to an aromatic ring is 1. The largest absolute Gasteiger partial charge is 0.396 e. The van der Waals surface area contributed by atoms with Crippen LogP contribution in [0.2, 0.25) is 5.02 Å². The maximum Gasteiger partial charge on any atom is 0.147 e. The van der Waals surface area contributed by atoms with Gasteiger partial charge in [0.1, 0.15) is 11.6 Å². The van der Waals surface area contributed by atoms with Crippen molar-refractivity contribution in [2.45, 2.75) is 10.6 Å². The SMILES string of the molecule is Nc1ccc(S(=O)Cc2cc(Cl)ccc2F)cc1F. The molecule has 0 aliphatic carbocycles. The second-order valence-electron chi connectivity index (χ2n) is 3.91. The molecular formula is C13H10ClF2NOS. The fraction of sp³-hybridized carbons (Fsp3) is 0.0769. The summed E-state index contributed by atoms with van der Waals surface area (Å²) < 4.78 is 38.8. The minimum absolute atomic E-state index is 0.0188. The molecule has 0 fully saturated rings. The van der Waals surface area contributed by atoms with E-state index in [1.807, 2.05) is 0 Å². The van der Waals surface area contributed by atoms with Crippen LogP contribution < -0.4 is 5.73 Å². The standard InChI is InChI=1S/C13H10ClF2NOS/c14-9-1-3-11(15)8(5-9)7-19(18)10-2-4-13(17)12(16)6-10/h1-6H,7,17H2. The van der Waals surface area contributed by atoms with Gasteiger partial charge in [-0.2, -0.15) is 0 Å². The summed E-state index contributed by atoms with van der Waals surface area (Å²) in [5.74, 6) is -1.21. The van der Waals surface area contributed by atoms with Gasteiger partial charge >= 0.3 is 0 Å². The zero-order valence-corrected chi connectivity index (χ0v) is 11.3. The normalized spacial score (nSPS) is 12.4. The summed E-state index contributed by atoms with van der Waals surface area (Å²) in [6.07, 6.45) is 0. The third-order valence-electron chi connectivity index (χ3n) is 2.53. The zero-order chi connectivity index (χ0) is 14.0. The molecule has 2 aromatic carbocycles. The molecule has 1 atom stereocenters. The van der Waals surface area contributed by atoms with Gasteiger partial charge in [-0.05, 0) is 36.4 Å². The molecule has 2 nitrogen and oxygen atoms in total. The van der Waals surface area contributed by atoms with Gasteiger partial charge in [-0.3, -0.25) is 4.21 Å². The molecule has 2 rings (SSSR count). The lowest BCUT2D eigenvalue weighted by Crippen LogP contribution is -2.01. The minimum atomic E-state index is -1.57. The number of hydrogen-bond donors (Lipinski definition) is 1. The van der Waals surface area contributed by atoms with Crippen molar-refractivity contribution in [1.82, 2.24) is 0 Å². The maximum absolute atomic E-state index is 13.5. The number of benzene rings is 2. The molecule has 0 aliphatic heterocycles. The van der Waals surface area contributed by atoms with Crippen LogP contribution in [0.5, 0.6) is 0 Å². The van der Waals surface area contributed by atoms with E-state index in [1.165, 1.54) is 30.3 Å². The molecule has 0 spiro atoms. The summed E-state index contributed by atoms with van der Waals surface area (Å²) in [6.45, 7) is 0. The van der Waals surface area contributed by atoms with Crippen LogP contribution in [-0.4, -0.2) is 4.21 Å². The summed E-state index contributed by atoms with van der Waals surface area (Å²) in [4.78, 5) is 0.256. The van der Waals surface area contributed by atoms with E-state index in [0.717, 1.165) is 6.07 Å². The van der Waals surface area contributed by atoms with E-state index < -0.39 is 22.4 Å². The summed E-state index contributed by atoms with van der Waals surface area (Å²) in [7, 11) is -1.57. The van der Waals surface area contributed by atoms with Crippen LogP contribution in [-0.2, 0) is 16.6 Å². The smallest absolute Gasteiger partial charge is 0.147 e. The molecule has 0 amide bonds. The van der Waals surface area contributed by atoms with Crippen molar-refractivity contribution in [3.8, 4) is 0 Å². The Labute approximate surface area is 116 Å². The molecule has 0 aliphatic rings. The van der Waals surface area contributed by atoms with E-state index in [4.69, 9.17) is 17.3 Å². The molecule has 0 saturated carbocycles. The molecular weight excluding hydrogens is 292 g/mol. The van der Waals surface area contributed by atoms with Crippen LogP contribution in [0.1, 0.15) is 5.56 Å². The van der Waals surface area contributed by atoms with Crippen LogP contribution in [0.25, 0.3) is 0 Å². The quantitative estimate of drug-likeness (QED) is 0.882. The van der Waals surface area contributed by atoms with E-state index in [0.29, 0.717) is 5.02 Å². The Bertz CT molecular complexity index is 649. The molecule has 6 heteroatoms. The molecule has 0 saturated heterocycles. The first-order valence-electron chi connectivity index (χ1n) is 5.34. The van der Waals surface area contributed by atoms with Gasteiger partial charge in [0, 0.05) is 15.5 Å². The van der Waals surface area contributed by atoms with Gasteiger partial charge in [-0.15, -0.1) is 0 Å². The van der Waals surface area contributed by atoms with E-state index in [-0.39, 0.29) is 21.9 Å². The molecule has 1 unspecified atom stereocenters. The number of anilines is 1. The van der Waals surface area contributed by atoms with Gasteiger partial charge in [-0.25, -0.2) is 8.78 Å². The predicted octanol–water partition coefficient (Wildman–Crippen LogP) is 3.51. The van der Waals surface area contributed by atoms with Gasteiger partial charge in [-0.1, -0.05) is 11.6 Å². The van der Waals surface area contributed by atoms with E-state index in [1.54, 1.807) is 0 Å². The highest BCUT2D eigenvalue weighted by Crippen LogP contribution is 2.21. The molecule has 19 heavy (non-hydrogen) atoms. The van der Waals surface area contributed by atoms with Crippen LogP contribution in [0.4, 0.5) is 14.5 Å². The van der Waals surface area contributed by atoms with Crippen LogP contribution in [0, 0.1) is 11.6 Å². The Hall–Kier alpha value is -1.46. The molecule has 100 valence electrons. The first-order valence-corrected chi connectivity index (χ1v) is 7.04. The summed E-state index contributed by atoms with van der Waals surface area (Å²) in [5.41, 5.74) is 5.54. The fourth-order valence-corrected chi connectivity index (χ4v) is 2.85. The monoisotopic (exact) mass is 301 g/mol. The first-order chi connectivity index (χ1) is 8.97. The van der Waals surface area contributed by atoms with Crippen molar-refractivity contribution >= 4 is 28.1 Å². The molecule has 0 bridgehead atoms. The molecule has 0 radical (unpaired) electrons. The summed E-state index contributed by atoms with van der Waals surface area (Å²) in [6, 6.07) is 7.90. The van der Waals surface area contributed by atoms with E-state index in [9.17, 15) is 13.0 Å². The van der Waals surface area contributed by atoms with Crippen molar-refractivity contribution in [2.75, 3.05) is 5.73 Å². The van der Waals surface area contributed by atoms with E-state index >= 15 is 0 Å². The van der Waals surface area contributed by atoms with Gasteiger partial charge in [0.15, 0.2) is 0 Å². The second-order valence-corrected chi connectivity index (χ2v) is 5.80. The average molecular weight is 302 g/mol. The predicted molar refractivity (Wildman–Crippen MR) is 72.3 cm³/mol. The zero-order valence-electron chi connectivity index (χ0n) is 9.70. The Morgan fingerprint density at radius 2 is 1.84 bits per heavy atom. The van der Waals surface area contributed by atoms with Crippen molar-refractivity contribution < 1.29 is 13.0 Å². The third-order valence-corrected chi connectivity index (χ3v) is 4.12. The Morgan fingerprint density at radius 1 is 1.11 bits per heavy atom. The molecule has 0 heterocycles. The van der Waals surface area contributed by atoms with Crippen LogP contribution in [0.15, 0.2) is 41.3 Å². The number of hydrogen-bond acceptors (Lipinski definition) is 2. The molecule has 2 N–H and O–H groups in total. The fourth-order valence-electron chi connectivity index (χ4n) is 1.53. The number of rotatable bonds is 3. The van der Waals surface area contributed by atoms with Gasteiger partial charge in [0.2, 0.25) is 0 Å². The molecule has 0 aromatic heterocycles. The van der Waals surface area contributed by atoms with Crippen LogP contribution >= 0.6 is 11.6 Å². The highest BCUT2D eigenvalue weighted by atomic mass is 35.5. The molecule has 2 aromatic rings. The third kappa shape index (κ3) is 3.30. The van der Waals surface area contributed by atoms with Crippen molar-refractivity contribution in [1.29, 1.82) is 0 Å². The summed E-state index contributed by atoms with van der Waals surface area (Å²) >= 11 is 5.75. The number of nitrogens with two attached hydrogens (primary N) is 1. The van der Waals surface area contributed by atoms with Crippen molar-refractivity contribution in [3.05, 3.63) is 58.6 Å². The van der Waals surface area contributed by atoms with E-state index in [2.05, 4.69) is 0 Å². The topological polar surface area (TPSA) is 43.1 Å². The van der Waals surface area contributed by atoms with Crippen molar-refractivity contribution in [2.24, 2.45) is 0 Å². The maximum atomic E-state index is 13.5. The lowest BCUT2D eigenvalue weighted by molar-refractivity contribution is 0.614. The van der Waals surface area contributed by atoms with Gasteiger partial charge in [0.05, 0.1) is 22.2 Å². The first kappa shape index (κ1) is 14.0. The van der Waals surface area contributed by atoms with Crippen LogP contribution in [0.3, 0.4) is 0 Å². The minimum Gasteiger partial charge on any atom is -0.396 e. The summed E-state index contributed by atoms with van der Waals surface area (Å²) in [5, 5.41) is 0.358. The number of halogens is 3. The van der Waals surface area contributed by atoms with Gasteiger partial charge < -0.3 is 5.73 Å². The van der Waals surface area contributed by atoms with Crippen molar-refractivity contribution in [3.63, 3.8) is 0 Å². The second kappa shape index (κ2) is 5.67. The average Bonchev–Trinajstić information content (AvgIpc) is 2.37.